The minimum Gasteiger partial charge on any atom is -0.469 e. The molecular formula is C19H24FNO5. The SMILES string of the molecule is COC(=O)CCCNC(=O)COC(=O)C1(c2ccc(F)cc2)CCCC1. The monoisotopic (exact) mass is 365 g/mol. The number of hydrogen-bond donors (Lipinski definition) is 1. The predicted octanol–water partition coefficient (Wildman–Crippen LogP) is 2.25. The second-order valence-electron chi connectivity index (χ2n) is 6.40. The highest BCUT2D eigenvalue weighted by Gasteiger charge is 2.44. The van der Waals surface area contributed by atoms with Crippen LogP contribution in [-0.4, -0.2) is 38.1 Å². The third-order valence-corrected chi connectivity index (χ3v) is 4.69. The number of hydrogen-bond acceptors (Lipinski definition) is 5. The molecular weight excluding hydrogens is 341 g/mol. The Hall–Kier alpha value is -2.44. The molecule has 2 rings (SSSR count). The molecule has 1 fully saturated rings. The molecule has 1 saturated carbocycles. The summed E-state index contributed by atoms with van der Waals surface area (Å²) >= 11 is 0. The normalized spacial score (nSPS) is 15.3. The second kappa shape index (κ2) is 9.31. The summed E-state index contributed by atoms with van der Waals surface area (Å²) in [6.07, 6.45) is 3.67. The van der Waals surface area contributed by atoms with Gasteiger partial charge < -0.3 is 14.8 Å². The van der Waals surface area contributed by atoms with Gasteiger partial charge in [0.1, 0.15) is 5.82 Å². The van der Waals surface area contributed by atoms with E-state index in [1.807, 2.05) is 0 Å². The maximum Gasteiger partial charge on any atom is 0.317 e. The molecule has 0 bridgehead atoms. The molecule has 0 saturated heterocycles. The molecule has 1 aliphatic rings. The highest BCUT2D eigenvalue weighted by atomic mass is 19.1. The van der Waals surface area contributed by atoms with E-state index in [0.29, 0.717) is 25.8 Å². The Kier molecular flexibility index (Phi) is 7.12. The van der Waals surface area contributed by atoms with Crippen LogP contribution in [0.4, 0.5) is 4.39 Å². The van der Waals surface area contributed by atoms with Gasteiger partial charge in [0.05, 0.1) is 12.5 Å². The van der Waals surface area contributed by atoms with Crippen molar-refractivity contribution in [1.82, 2.24) is 5.32 Å². The van der Waals surface area contributed by atoms with Crippen molar-refractivity contribution in [3.05, 3.63) is 35.6 Å². The van der Waals surface area contributed by atoms with Crippen LogP contribution in [0, 0.1) is 5.82 Å². The summed E-state index contributed by atoms with van der Waals surface area (Å²) in [6.45, 7) is -0.0748. The Morgan fingerprint density at radius 3 is 2.42 bits per heavy atom. The molecule has 1 N–H and O–H groups in total. The first-order chi connectivity index (χ1) is 12.5. The quantitative estimate of drug-likeness (QED) is 0.564. The zero-order valence-electron chi connectivity index (χ0n) is 14.9. The predicted molar refractivity (Wildman–Crippen MR) is 91.8 cm³/mol. The number of amides is 1. The van der Waals surface area contributed by atoms with Gasteiger partial charge in [-0.25, -0.2) is 4.39 Å². The number of methoxy groups -OCH3 is 1. The molecule has 0 spiro atoms. The van der Waals surface area contributed by atoms with Gasteiger partial charge >= 0.3 is 11.9 Å². The summed E-state index contributed by atoms with van der Waals surface area (Å²) in [5.41, 5.74) is -0.0846. The molecule has 7 heteroatoms. The topological polar surface area (TPSA) is 81.7 Å². The van der Waals surface area contributed by atoms with Gasteiger partial charge in [0, 0.05) is 13.0 Å². The summed E-state index contributed by atoms with van der Waals surface area (Å²) < 4.78 is 22.9. The summed E-state index contributed by atoms with van der Waals surface area (Å²) in [5, 5.41) is 2.59. The summed E-state index contributed by atoms with van der Waals surface area (Å²) in [7, 11) is 1.31. The van der Waals surface area contributed by atoms with E-state index in [-0.39, 0.29) is 24.8 Å². The average molecular weight is 365 g/mol. The molecule has 0 radical (unpaired) electrons. The maximum absolute atomic E-state index is 13.2. The van der Waals surface area contributed by atoms with Crippen molar-refractivity contribution in [2.45, 2.75) is 43.9 Å². The van der Waals surface area contributed by atoms with Gasteiger partial charge in [-0.2, -0.15) is 0 Å². The number of esters is 2. The second-order valence-corrected chi connectivity index (χ2v) is 6.40. The van der Waals surface area contributed by atoms with E-state index in [0.717, 1.165) is 18.4 Å². The minimum absolute atomic E-state index is 0.213. The molecule has 0 aromatic heterocycles. The van der Waals surface area contributed by atoms with Crippen molar-refractivity contribution in [1.29, 1.82) is 0 Å². The Balaban J connectivity index is 1.85. The summed E-state index contributed by atoms with van der Waals surface area (Å²) in [4.78, 5) is 35.4. The standard InChI is InChI=1S/C19H24FNO5/c1-25-17(23)5-4-12-21-16(22)13-26-18(24)19(10-2-3-11-19)14-6-8-15(20)9-7-14/h6-9H,2-5,10-13H2,1H3,(H,21,22). The van der Waals surface area contributed by atoms with Crippen molar-refractivity contribution < 1.29 is 28.2 Å². The van der Waals surface area contributed by atoms with Crippen molar-refractivity contribution in [3.63, 3.8) is 0 Å². The van der Waals surface area contributed by atoms with E-state index in [4.69, 9.17) is 4.74 Å². The molecule has 1 aromatic rings. The fourth-order valence-electron chi connectivity index (χ4n) is 3.24. The molecule has 1 aliphatic carbocycles. The smallest absolute Gasteiger partial charge is 0.317 e. The van der Waals surface area contributed by atoms with Crippen LogP contribution in [0.3, 0.4) is 0 Å². The van der Waals surface area contributed by atoms with Gasteiger partial charge in [0.2, 0.25) is 0 Å². The number of rotatable bonds is 8. The molecule has 0 atom stereocenters. The van der Waals surface area contributed by atoms with Crippen LogP contribution in [-0.2, 0) is 29.3 Å². The van der Waals surface area contributed by atoms with Gasteiger partial charge in [0.25, 0.3) is 5.91 Å². The van der Waals surface area contributed by atoms with E-state index in [1.165, 1.54) is 19.2 Å². The average Bonchev–Trinajstić information content (AvgIpc) is 3.14. The van der Waals surface area contributed by atoms with Gasteiger partial charge in [-0.05, 0) is 37.0 Å². The van der Waals surface area contributed by atoms with Crippen LogP contribution in [0.25, 0.3) is 0 Å². The largest absolute Gasteiger partial charge is 0.469 e. The first-order valence-corrected chi connectivity index (χ1v) is 8.75. The molecule has 0 heterocycles. The van der Waals surface area contributed by atoms with E-state index < -0.39 is 17.3 Å². The molecule has 1 aromatic carbocycles. The number of ether oxygens (including phenoxy) is 2. The summed E-state index contributed by atoms with van der Waals surface area (Å²) in [6, 6.07) is 5.87. The minimum atomic E-state index is -0.807. The lowest BCUT2D eigenvalue weighted by Gasteiger charge is -2.27. The van der Waals surface area contributed by atoms with Gasteiger partial charge in [-0.15, -0.1) is 0 Å². The Morgan fingerprint density at radius 2 is 1.81 bits per heavy atom. The zero-order chi connectivity index (χ0) is 19.0. The van der Waals surface area contributed by atoms with Crippen LogP contribution >= 0.6 is 0 Å². The molecule has 1 amide bonds. The lowest BCUT2D eigenvalue weighted by atomic mass is 9.79. The Labute approximate surface area is 152 Å². The fourth-order valence-corrected chi connectivity index (χ4v) is 3.24. The third kappa shape index (κ3) is 5.03. The Bertz CT molecular complexity index is 638. The Morgan fingerprint density at radius 1 is 1.15 bits per heavy atom. The molecule has 0 unspecified atom stereocenters. The summed E-state index contributed by atoms with van der Waals surface area (Å²) in [5.74, 6) is -1.57. The highest BCUT2D eigenvalue weighted by molar-refractivity contribution is 5.86. The van der Waals surface area contributed by atoms with E-state index in [9.17, 15) is 18.8 Å². The first-order valence-electron chi connectivity index (χ1n) is 8.75. The number of halogens is 1. The third-order valence-electron chi connectivity index (χ3n) is 4.69. The van der Waals surface area contributed by atoms with Crippen LogP contribution in [0.5, 0.6) is 0 Å². The maximum atomic E-state index is 13.2. The van der Waals surface area contributed by atoms with E-state index in [1.54, 1.807) is 12.1 Å². The van der Waals surface area contributed by atoms with Gasteiger partial charge in [-0.1, -0.05) is 25.0 Å². The highest BCUT2D eigenvalue weighted by Crippen LogP contribution is 2.42. The number of carbonyl (C=O) groups excluding carboxylic acids is 3. The van der Waals surface area contributed by atoms with E-state index >= 15 is 0 Å². The lowest BCUT2D eigenvalue weighted by Crippen LogP contribution is -2.38. The molecule has 26 heavy (non-hydrogen) atoms. The van der Waals surface area contributed by atoms with Crippen LogP contribution in [0.15, 0.2) is 24.3 Å². The lowest BCUT2D eigenvalue weighted by molar-refractivity contribution is -0.154. The van der Waals surface area contributed by atoms with Crippen LogP contribution in [0.2, 0.25) is 0 Å². The van der Waals surface area contributed by atoms with Crippen molar-refractivity contribution in [3.8, 4) is 0 Å². The zero-order valence-corrected chi connectivity index (χ0v) is 14.9. The fraction of sp³-hybridized carbons (Fsp3) is 0.526. The van der Waals surface area contributed by atoms with Crippen molar-refractivity contribution >= 4 is 17.8 Å². The van der Waals surface area contributed by atoms with E-state index in [2.05, 4.69) is 10.1 Å². The van der Waals surface area contributed by atoms with Crippen LogP contribution in [0.1, 0.15) is 44.1 Å². The van der Waals surface area contributed by atoms with Crippen molar-refractivity contribution in [2.24, 2.45) is 0 Å². The van der Waals surface area contributed by atoms with Crippen LogP contribution < -0.4 is 5.32 Å². The molecule has 142 valence electrons. The number of carbonyl (C=O) groups is 3. The number of benzene rings is 1. The molecule has 0 aliphatic heterocycles. The van der Waals surface area contributed by atoms with Crippen molar-refractivity contribution in [2.75, 3.05) is 20.3 Å². The van der Waals surface area contributed by atoms with Gasteiger partial charge in [-0.3, -0.25) is 14.4 Å². The van der Waals surface area contributed by atoms with Gasteiger partial charge in [0.15, 0.2) is 6.61 Å². The number of nitrogens with one attached hydrogen (secondary N) is 1. The molecule has 6 nitrogen and oxygen atoms in total. The first kappa shape index (κ1) is 19.9.